The Morgan fingerprint density at radius 2 is 1.80 bits per heavy atom. The number of hydrogen-bond donors (Lipinski definition) is 2. The molecule has 4 nitrogen and oxygen atoms in total. The first kappa shape index (κ1) is 13.8. The molecular weight excluding hydrogens is 268 g/mol. The average molecular weight is 279 g/mol. The number of halogens is 2. The monoisotopic (exact) mass is 279 g/mol. The van der Waals surface area contributed by atoms with E-state index in [1.807, 2.05) is 0 Å². The van der Waals surface area contributed by atoms with Gasteiger partial charge < -0.3 is 15.6 Å². The second-order valence-corrected chi connectivity index (χ2v) is 4.12. The molecule has 0 aliphatic heterocycles. The van der Waals surface area contributed by atoms with Gasteiger partial charge in [0.1, 0.15) is 24.0 Å². The zero-order chi connectivity index (χ0) is 14.7. The summed E-state index contributed by atoms with van der Waals surface area (Å²) in [6, 6.07) is 6.99. The predicted molar refractivity (Wildman–Crippen MR) is 68.5 cm³/mol. The summed E-state index contributed by atoms with van der Waals surface area (Å²) >= 11 is 0. The van der Waals surface area contributed by atoms with Crippen molar-refractivity contribution in [1.82, 2.24) is 0 Å². The molecule has 0 spiro atoms. The highest BCUT2D eigenvalue weighted by Crippen LogP contribution is 2.24. The van der Waals surface area contributed by atoms with Crippen LogP contribution in [0.4, 0.5) is 14.5 Å². The van der Waals surface area contributed by atoms with E-state index in [0.717, 1.165) is 18.2 Å². The van der Waals surface area contributed by atoms with Gasteiger partial charge in [0.15, 0.2) is 0 Å². The highest BCUT2D eigenvalue weighted by atomic mass is 19.1. The molecule has 0 aromatic heterocycles. The number of hydrogen-bond acceptors (Lipinski definition) is 3. The van der Waals surface area contributed by atoms with Gasteiger partial charge in [0.2, 0.25) is 0 Å². The first-order valence-electron chi connectivity index (χ1n) is 5.66. The van der Waals surface area contributed by atoms with Crippen LogP contribution >= 0.6 is 0 Å². The summed E-state index contributed by atoms with van der Waals surface area (Å²) in [5.41, 5.74) is 6.18. The quantitative estimate of drug-likeness (QED) is 0.844. The summed E-state index contributed by atoms with van der Waals surface area (Å²) in [6.07, 6.45) is 0. The number of nitrogens with two attached hydrogens (primary N) is 1. The molecule has 0 amide bonds. The summed E-state index contributed by atoms with van der Waals surface area (Å²) in [6.45, 7) is -0.123. The summed E-state index contributed by atoms with van der Waals surface area (Å²) in [7, 11) is 0. The van der Waals surface area contributed by atoms with Crippen LogP contribution in [0.5, 0.6) is 5.75 Å². The Balaban J connectivity index is 2.18. The smallest absolute Gasteiger partial charge is 0.335 e. The standard InChI is InChI=1S/C14H11F2NO3/c15-10-3-8(4-11(16)6-10)7-20-13-5-9(14(18)19)1-2-12(13)17/h1-6H,7,17H2,(H,18,19). The Morgan fingerprint density at radius 3 is 2.40 bits per heavy atom. The minimum atomic E-state index is -1.12. The second-order valence-electron chi connectivity index (χ2n) is 4.12. The Kier molecular flexibility index (Phi) is 3.84. The van der Waals surface area contributed by atoms with Gasteiger partial charge >= 0.3 is 5.97 Å². The first-order chi connectivity index (χ1) is 9.45. The number of aromatic carboxylic acids is 1. The molecule has 0 fully saturated rings. The topological polar surface area (TPSA) is 72.6 Å². The Morgan fingerprint density at radius 1 is 1.15 bits per heavy atom. The summed E-state index contributed by atoms with van der Waals surface area (Å²) in [4.78, 5) is 10.8. The zero-order valence-electron chi connectivity index (χ0n) is 10.3. The zero-order valence-corrected chi connectivity index (χ0v) is 10.3. The van der Waals surface area contributed by atoms with E-state index in [9.17, 15) is 13.6 Å². The van der Waals surface area contributed by atoms with Crippen molar-refractivity contribution in [2.24, 2.45) is 0 Å². The minimum absolute atomic E-state index is 0.0135. The number of ether oxygens (including phenoxy) is 1. The third-order valence-electron chi connectivity index (χ3n) is 2.58. The van der Waals surface area contributed by atoms with E-state index < -0.39 is 17.6 Å². The minimum Gasteiger partial charge on any atom is -0.487 e. The van der Waals surface area contributed by atoms with Crippen molar-refractivity contribution in [1.29, 1.82) is 0 Å². The van der Waals surface area contributed by atoms with Crippen LogP contribution in [0.3, 0.4) is 0 Å². The molecule has 0 aliphatic carbocycles. The lowest BCUT2D eigenvalue weighted by Crippen LogP contribution is -2.03. The Labute approximate surface area is 113 Å². The van der Waals surface area contributed by atoms with Crippen molar-refractivity contribution in [2.75, 3.05) is 5.73 Å². The maximum atomic E-state index is 13.0. The third-order valence-corrected chi connectivity index (χ3v) is 2.58. The van der Waals surface area contributed by atoms with Gasteiger partial charge in [-0.25, -0.2) is 13.6 Å². The molecule has 2 aromatic rings. The molecule has 0 bridgehead atoms. The fourth-order valence-electron chi connectivity index (χ4n) is 1.65. The van der Waals surface area contributed by atoms with Crippen molar-refractivity contribution in [2.45, 2.75) is 6.61 Å². The molecule has 0 saturated carbocycles. The molecule has 104 valence electrons. The molecule has 6 heteroatoms. The van der Waals surface area contributed by atoms with Crippen LogP contribution in [0.25, 0.3) is 0 Å². The van der Waals surface area contributed by atoms with Crippen LogP contribution in [-0.4, -0.2) is 11.1 Å². The number of carbonyl (C=O) groups is 1. The average Bonchev–Trinajstić information content (AvgIpc) is 2.36. The van der Waals surface area contributed by atoms with Crippen molar-refractivity contribution in [3.63, 3.8) is 0 Å². The summed E-state index contributed by atoms with van der Waals surface area (Å²) in [5.74, 6) is -2.40. The molecule has 0 atom stereocenters. The van der Waals surface area contributed by atoms with E-state index >= 15 is 0 Å². The van der Waals surface area contributed by atoms with Crippen LogP contribution in [0.1, 0.15) is 15.9 Å². The summed E-state index contributed by atoms with van der Waals surface area (Å²) in [5, 5.41) is 8.86. The van der Waals surface area contributed by atoms with E-state index in [-0.39, 0.29) is 29.2 Å². The number of rotatable bonds is 4. The van der Waals surface area contributed by atoms with Gasteiger partial charge in [-0.05, 0) is 35.9 Å². The molecule has 2 rings (SSSR count). The lowest BCUT2D eigenvalue weighted by molar-refractivity contribution is 0.0696. The molecule has 0 aliphatic rings. The normalized spacial score (nSPS) is 10.3. The predicted octanol–water partition coefficient (Wildman–Crippen LogP) is 2.82. The van der Waals surface area contributed by atoms with Crippen molar-refractivity contribution >= 4 is 11.7 Å². The SMILES string of the molecule is Nc1ccc(C(=O)O)cc1OCc1cc(F)cc(F)c1. The highest BCUT2D eigenvalue weighted by molar-refractivity contribution is 5.89. The van der Waals surface area contributed by atoms with Crippen LogP contribution in [0.15, 0.2) is 36.4 Å². The van der Waals surface area contributed by atoms with Crippen LogP contribution < -0.4 is 10.5 Å². The number of nitrogen functional groups attached to an aromatic ring is 1. The van der Waals surface area contributed by atoms with Crippen molar-refractivity contribution in [3.8, 4) is 5.75 Å². The lowest BCUT2D eigenvalue weighted by atomic mass is 10.2. The van der Waals surface area contributed by atoms with Crippen molar-refractivity contribution in [3.05, 3.63) is 59.2 Å². The second kappa shape index (κ2) is 5.56. The van der Waals surface area contributed by atoms with Crippen LogP contribution in [0.2, 0.25) is 0 Å². The van der Waals surface area contributed by atoms with Crippen LogP contribution in [-0.2, 0) is 6.61 Å². The Hall–Kier alpha value is -2.63. The Bertz CT molecular complexity index is 639. The number of anilines is 1. The van der Waals surface area contributed by atoms with E-state index in [2.05, 4.69) is 0 Å². The van der Waals surface area contributed by atoms with Gasteiger partial charge in [-0.2, -0.15) is 0 Å². The maximum Gasteiger partial charge on any atom is 0.335 e. The molecule has 0 radical (unpaired) electrons. The summed E-state index contributed by atoms with van der Waals surface area (Å²) < 4.78 is 31.3. The number of benzene rings is 2. The molecule has 0 saturated heterocycles. The lowest BCUT2D eigenvalue weighted by Gasteiger charge is -2.10. The van der Waals surface area contributed by atoms with Gasteiger partial charge in [-0.3, -0.25) is 0 Å². The van der Waals surface area contributed by atoms with E-state index in [4.69, 9.17) is 15.6 Å². The van der Waals surface area contributed by atoms with Gasteiger partial charge in [-0.15, -0.1) is 0 Å². The highest BCUT2D eigenvalue weighted by Gasteiger charge is 2.08. The molecule has 2 aromatic carbocycles. The van der Waals surface area contributed by atoms with Crippen LogP contribution in [0, 0.1) is 11.6 Å². The van der Waals surface area contributed by atoms with Gasteiger partial charge in [-0.1, -0.05) is 0 Å². The maximum absolute atomic E-state index is 13.0. The first-order valence-corrected chi connectivity index (χ1v) is 5.66. The van der Waals surface area contributed by atoms with Gasteiger partial charge in [0.25, 0.3) is 0 Å². The molecule has 0 unspecified atom stereocenters. The number of carboxylic acids is 1. The third kappa shape index (κ3) is 3.23. The fourth-order valence-corrected chi connectivity index (χ4v) is 1.65. The van der Waals surface area contributed by atoms with Crippen molar-refractivity contribution < 1.29 is 23.4 Å². The van der Waals surface area contributed by atoms with E-state index in [0.29, 0.717) is 0 Å². The van der Waals surface area contributed by atoms with Gasteiger partial charge in [0.05, 0.1) is 11.3 Å². The van der Waals surface area contributed by atoms with E-state index in [1.54, 1.807) is 0 Å². The van der Waals surface area contributed by atoms with Gasteiger partial charge in [0, 0.05) is 6.07 Å². The number of carboxylic acid groups (broad SMARTS) is 1. The molecule has 0 heterocycles. The van der Waals surface area contributed by atoms with E-state index in [1.165, 1.54) is 18.2 Å². The molecule has 20 heavy (non-hydrogen) atoms. The molecular formula is C14H11F2NO3. The molecule has 3 N–H and O–H groups in total. The largest absolute Gasteiger partial charge is 0.487 e. The fraction of sp³-hybridized carbons (Fsp3) is 0.0714.